The van der Waals surface area contributed by atoms with Crippen LogP contribution < -0.4 is 20.5 Å². The molecule has 0 aliphatic carbocycles. The fourth-order valence-corrected chi connectivity index (χ4v) is 5.50. The van der Waals surface area contributed by atoms with Gasteiger partial charge in [0.2, 0.25) is 0 Å². The van der Waals surface area contributed by atoms with E-state index < -0.39 is 6.09 Å². The Kier molecular flexibility index (Phi) is 8.94. The maximum atomic E-state index is 13.0. The molecule has 0 saturated carbocycles. The molecule has 234 valence electrons. The predicted molar refractivity (Wildman–Crippen MR) is 170 cm³/mol. The Morgan fingerprint density at radius 2 is 1.60 bits per heavy atom. The van der Waals surface area contributed by atoms with Crippen LogP contribution in [0.4, 0.5) is 10.6 Å². The van der Waals surface area contributed by atoms with E-state index in [0.29, 0.717) is 31.0 Å². The van der Waals surface area contributed by atoms with Crippen molar-refractivity contribution in [3.8, 4) is 28.4 Å². The SMILES string of the molecule is CN1CCN(Cc2ccc(Oc3ccc(OC(=O)N4CC[C@@H](NC(=O)c5cc(-c6cnn(C)c6)cnc5N)C4)cc3)cc2)CC1. The molecule has 2 aliphatic heterocycles. The van der Waals surface area contributed by atoms with Gasteiger partial charge in [0.25, 0.3) is 5.91 Å². The van der Waals surface area contributed by atoms with Gasteiger partial charge in [-0.15, -0.1) is 0 Å². The number of piperazine rings is 1. The van der Waals surface area contributed by atoms with Crippen LogP contribution in [0.3, 0.4) is 0 Å². The Labute approximate surface area is 262 Å². The first-order chi connectivity index (χ1) is 21.8. The minimum Gasteiger partial charge on any atom is -0.457 e. The summed E-state index contributed by atoms with van der Waals surface area (Å²) in [5.74, 6) is 1.60. The van der Waals surface area contributed by atoms with Crippen LogP contribution in [-0.4, -0.2) is 93.8 Å². The first-order valence-electron chi connectivity index (χ1n) is 15.1. The van der Waals surface area contributed by atoms with E-state index in [-0.39, 0.29) is 23.3 Å². The monoisotopic (exact) mass is 610 g/mol. The summed E-state index contributed by atoms with van der Waals surface area (Å²) in [6.45, 7) is 6.08. The molecule has 12 heteroatoms. The van der Waals surface area contributed by atoms with E-state index in [9.17, 15) is 9.59 Å². The van der Waals surface area contributed by atoms with Crippen LogP contribution in [-0.2, 0) is 13.6 Å². The zero-order chi connectivity index (χ0) is 31.3. The predicted octanol–water partition coefficient (Wildman–Crippen LogP) is 3.61. The molecular weight excluding hydrogens is 572 g/mol. The molecule has 2 saturated heterocycles. The van der Waals surface area contributed by atoms with E-state index in [2.05, 4.69) is 44.4 Å². The van der Waals surface area contributed by atoms with Crippen molar-refractivity contribution in [1.29, 1.82) is 0 Å². The molecule has 2 amide bonds. The van der Waals surface area contributed by atoms with Gasteiger partial charge in [-0.2, -0.15) is 5.10 Å². The van der Waals surface area contributed by atoms with Crippen LogP contribution in [0.2, 0.25) is 0 Å². The van der Waals surface area contributed by atoms with Crippen molar-refractivity contribution in [2.24, 2.45) is 7.05 Å². The van der Waals surface area contributed by atoms with E-state index in [0.717, 1.165) is 49.6 Å². The highest BCUT2D eigenvalue weighted by molar-refractivity contribution is 5.99. The number of anilines is 1. The molecule has 0 spiro atoms. The molecule has 4 heterocycles. The number of nitrogens with zero attached hydrogens (tertiary/aromatic N) is 6. The van der Waals surface area contributed by atoms with Gasteiger partial charge >= 0.3 is 6.09 Å². The molecule has 12 nitrogen and oxygen atoms in total. The number of nitrogens with two attached hydrogens (primary N) is 1. The van der Waals surface area contributed by atoms with E-state index in [4.69, 9.17) is 15.2 Å². The number of rotatable bonds is 8. The van der Waals surface area contributed by atoms with Gasteiger partial charge in [-0.3, -0.25) is 14.4 Å². The number of aromatic nitrogens is 3. The van der Waals surface area contributed by atoms with Crippen molar-refractivity contribution in [3.05, 3.63) is 84.3 Å². The Hall–Kier alpha value is -4.94. The average molecular weight is 611 g/mol. The lowest BCUT2D eigenvalue weighted by atomic mass is 10.1. The highest BCUT2D eigenvalue weighted by Gasteiger charge is 2.29. The smallest absolute Gasteiger partial charge is 0.415 e. The first kappa shape index (κ1) is 30.1. The van der Waals surface area contributed by atoms with Crippen molar-refractivity contribution in [2.45, 2.75) is 19.0 Å². The number of hydrogen-bond acceptors (Lipinski definition) is 9. The Balaban J connectivity index is 0.971. The van der Waals surface area contributed by atoms with Crippen LogP contribution >= 0.6 is 0 Å². The topological polar surface area (TPSA) is 131 Å². The normalized spacial score (nSPS) is 17.3. The lowest BCUT2D eigenvalue weighted by Crippen LogP contribution is -2.43. The fourth-order valence-electron chi connectivity index (χ4n) is 5.50. The molecule has 45 heavy (non-hydrogen) atoms. The van der Waals surface area contributed by atoms with E-state index in [1.807, 2.05) is 25.4 Å². The third-order valence-electron chi connectivity index (χ3n) is 8.17. The third-order valence-corrected chi connectivity index (χ3v) is 8.17. The number of nitrogens with one attached hydrogen (secondary N) is 1. The van der Waals surface area contributed by atoms with Crippen LogP contribution in [0.5, 0.6) is 17.2 Å². The minimum atomic E-state index is -0.476. The highest BCUT2D eigenvalue weighted by Crippen LogP contribution is 2.26. The molecule has 1 atom stereocenters. The van der Waals surface area contributed by atoms with Gasteiger partial charge in [-0.05, 0) is 61.5 Å². The van der Waals surface area contributed by atoms with E-state index in [1.165, 1.54) is 5.56 Å². The molecule has 0 unspecified atom stereocenters. The number of carbonyl (C=O) groups excluding carboxylic acids is 2. The molecule has 2 fully saturated rings. The van der Waals surface area contributed by atoms with Gasteiger partial charge in [0.1, 0.15) is 23.1 Å². The van der Waals surface area contributed by atoms with Crippen LogP contribution in [0, 0.1) is 0 Å². The van der Waals surface area contributed by atoms with Crippen LogP contribution in [0.25, 0.3) is 11.1 Å². The third kappa shape index (κ3) is 7.59. The number of benzene rings is 2. The van der Waals surface area contributed by atoms with Crippen molar-refractivity contribution in [3.63, 3.8) is 0 Å². The maximum Gasteiger partial charge on any atom is 0.415 e. The summed E-state index contributed by atoms with van der Waals surface area (Å²) in [5, 5.41) is 7.14. The van der Waals surface area contributed by atoms with Gasteiger partial charge in [0.15, 0.2) is 0 Å². The number of ether oxygens (including phenoxy) is 2. The van der Waals surface area contributed by atoms with Crippen molar-refractivity contribution < 1.29 is 19.1 Å². The molecule has 6 rings (SSSR count). The number of likely N-dealkylation sites (N-methyl/N-ethyl adjacent to an activating group) is 1. The zero-order valence-electron chi connectivity index (χ0n) is 25.6. The molecular formula is C33H38N8O4. The minimum absolute atomic E-state index is 0.139. The lowest BCUT2D eigenvalue weighted by molar-refractivity contribution is 0.0937. The lowest BCUT2D eigenvalue weighted by Gasteiger charge is -2.32. The summed E-state index contributed by atoms with van der Waals surface area (Å²) >= 11 is 0. The Morgan fingerprint density at radius 1 is 0.911 bits per heavy atom. The maximum absolute atomic E-state index is 13.0. The molecule has 2 aliphatic rings. The summed E-state index contributed by atoms with van der Waals surface area (Å²) in [4.78, 5) is 36.5. The first-order valence-corrected chi connectivity index (χ1v) is 15.1. The number of likely N-dealkylation sites (tertiary alicyclic amines) is 1. The molecule has 2 aromatic heterocycles. The molecule has 0 bridgehead atoms. The van der Waals surface area contributed by atoms with E-state index >= 15 is 0 Å². The largest absolute Gasteiger partial charge is 0.457 e. The Morgan fingerprint density at radius 3 is 2.29 bits per heavy atom. The number of hydrogen-bond donors (Lipinski definition) is 2. The van der Waals surface area contributed by atoms with Crippen LogP contribution in [0.15, 0.2) is 73.2 Å². The summed E-state index contributed by atoms with van der Waals surface area (Å²) in [5.41, 5.74) is 9.13. The number of nitrogen functional groups attached to an aromatic ring is 1. The molecule has 3 N–H and O–H groups in total. The van der Waals surface area contributed by atoms with Crippen LogP contribution in [0.1, 0.15) is 22.3 Å². The fraction of sp³-hybridized carbons (Fsp3) is 0.333. The number of pyridine rings is 1. The number of carbonyl (C=O) groups is 2. The van der Waals surface area contributed by atoms with Crippen molar-refractivity contribution in [1.82, 2.24) is 34.8 Å². The summed E-state index contributed by atoms with van der Waals surface area (Å²) < 4.78 is 13.3. The summed E-state index contributed by atoms with van der Waals surface area (Å²) in [6.07, 6.45) is 5.27. The zero-order valence-corrected chi connectivity index (χ0v) is 25.6. The average Bonchev–Trinajstić information content (AvgIpc) is 3.69. The standard InChI is InChI=1S/C33H38N8O4/c1-38-13-15-40(16-14-38)20-23-3-5-27(6-4-23)44-28-7-9-29(10-8-28)45-33(43)41-12-11-26(22-41)37-32(42)30-17-24(18-35-31(30)34)25-19-36-39(2)21-25/h3-10,17-19,21,26H,11-16,20,22H2,1-2H3,(H2,34,35)(H,37,42)/t26-/m1/s1. The molecule has 4 aromatic rings. The number of amides is 2. The van der Waals surface area contributed by atoms with Gasteiger partial charge in [0.05, 0.1) is 11.8 Å². The summed E-state index contributed by atoms with van der Waals surface area (Å²) in [6, 6.07) is 16.6. The van der Waals surface area contributed by atoms with E-state index in [1.54, 1.807) is 52.3 Å². The quantitative estimate of drug-likeness (QED) is 0.307. The Bertz CT molecular complexity index is 1630. The second-order valence-corrected chi connectivity index (χ2v) is 11.6. The number of aryl methyl sites for hydroxylation is 1. The van der Waals surface area contributed by atoms with Gasteiger partial charge < -0.3 is 30.3 Å². The summed E-state index contributed by atoms with van der Waals surface area (Å²) in [7, 11) is 3.98. The van der Waals surface area contributed by atoms with Gasteiger partial charge in [-0.25, -0.2) is 9.78 Å². The van der Waals surface area contributed by atoms with Gasteiger partial charge in [0, 0.05) is 82.4 Å². The molecule has 0 radical (unpaired) electrons. The second kappa shape index (κ2) is 13.4. The second-order valence-electron chi connectivity index (χ2n) is 11.6. The van der Waals surface area contributed by atoms with Crippen molar-refractivity contribution in [2.75, 3.05) is 52.0 Å². The van der Waals surface area contributed by atoms with Crippen molar-refractivity contribution >= 4 is 17.8 Å². The highest BCUT2D eigenvalue weighted by atomic mass is 16.6. The van der Waals surface area contributed by atoms with Gasteiger partial charge in [-0.1, -0.05) is 12.1 Å². The molecule has 2 aromatic carbocycles.